The van der Waals surface area contributed by atoms with Crippen molar-refractivity contribution in [2.24, 2.45) is 5.92 Å². The Balaban J connectivity index is 2.05. The molecule has 1 amide bonds. The zero-order valence-corrected chi connectivity index (χ0v) is 10.4. The van der Waals surface area contributed by atoms with Crippen molar-refractivity contribution in [2.75, 3.05) is 20.3 Å². The molecule has 0 saturated heterocycles. The third-order valence-electron chi connectivity index (χ3n) is 3.32. The fraction of sp³-hybridized carbons (Fsp3) is 0.615. The molecule has 1 aliphatic carbocycles. The second-order valence-corrected chi connectivity index (χ2v) is 4.55. The first-order valence-corrected chi connectivity index (χ1v) is 6.07. The highest BCUT2D eigenvalue weighted by Crippen LogP contribution is 2.35. The Kier molecular flexibility index (Phi) is 3.84. The van der Waals surface area contributed by atoms with Gasteiger partial charge in [0.15, 0.2) is 5.76 Å². The monoisotopic (exact) mass is 237 g/mol. The van der Waals surface area contributed by atoms with Crippen LogP contribution in [0.25, 0.3) is 0 Å². The molecule has 1 aliphatic rings. The van der Waals surface area contributed by atoms with E-state index in [1.165, 1.54) is 19.1 Å². The van der Waals surface area contributed by atoms with Crippen LogP contribution in [0.2, 0.25) is 0 Å². The van der Waals surface area contributed by atoms with Gasteiger partial charge in [-0.3, -0.25) is 4.79 Å². The SMILES string of the molecule is COCCN(C(=O)c1ccco1)C(C)C1CC1. The number of carbonyl (C=O) groups is 1. The predicted octanol–water partition coefficient (Wildman–Crippen LogP) is 2.17. The summed E-state index contributed by atoms with van der Waals surface area (Å²) in [4.78, 5) is 14.1. The first-order valence-electron chi connectivity index (χ1n) is 6.07. The number of hydrogen-bond acceptors (Lipinski definition) is 3. The average Bonchev–Trinajstić information content (AvgIpc) is 3.04. The number of hydrogen-bond donors (Lipinski definition) is 0. The Morgan fingerprint density at radius 1 is 1.65 bits per heavy atom. The quantitative estimate of drug-likeness (QED) is 0.761. The van der Waals surface area contributed by atoms with Gasteiger partial charge in [0.05, 0.1) is 12.9 Å². The van der Waals surface area contributed by atoms with Gasteiger partial charge >= 0.3 is 0 Å². The van der Waals surface area contributed by atoms with Crippen LogP contribution in [0.5, 0.6) is 0 Å². The normalized spacial score (nSPS) is 16.8. The van der Waals surface area contributed by atoms with Crippen LogP contribution in [0.1, 0.15) is 30.3 Å². The van der Waals surface area contributed by atoms with Crippen molar-refractivity contribution in [1.29, 1.82) is 0 Å². The number of ether oxygens (including phenoxy) is 1. The van der Waals surface area contributed by atoms with Crippen molar-refractivity contribution >= 4 is 5.91 Å². The highest BCUT2D eigenvalue weighted by Gasteiger charge is 2.35. The molecule has 1 heterocycles. The summed E-state index contributed by atoms with van der Waals surface area (Å²) in [5.74, 6) is 1.02. The minimum absolute atomic E-state index is 0.0357. The molecule has 1 saturated carbocycles. The first-order chi connectivity index (χ1) is 8.24. The van der Waals surface area contributed by atoms with Gasteiger partial charge in [0.2, 0.25) is 0 Å². The summed E-state index contributed by atoms with van der Waals surface area (Å²) in [7, 11) is 1.65. The van der Waals surface area contributed by atoms with E-state index in [4.69, 9.17) is 9.15 Å². The zero-order chi connectivity index (χ0) is 12.3. The summed E-state index contributed by atoms with van der Waals surface area (Å²) < 4.78 is 10.2. The van der Waals surface area contributed by atoms with Gasteiger partial charge in [-0.1, -0.05) is 0 Å². The van der Waals surface area contributed by atoms with Gasteiger partial charge in [0.1, 0.15) is 0 Å². The molecular formula is C13H19NO3. The molecule has 94 valence electrons. The lowest BCUT2D eigenvalue weighted by Crippen LogP contribution is -2.41. The maximum absolute atomic E-state index is 12.3. The van der Waals surface area contributed by atoms with Gasteiger partial charge in [-0.25, -0.2) is 0 Å². The van der Waals surface area contributed by atoms with Gasteiger partial charge in [0.25, 0.3) is 5.91 Å². The third-order valence-corrected chi connectivity index (χ3v) is 3.32. The molecule has 0 N–H and O–H groups in total. The molecule has 2 rings (SSSR count). The first kappa shape index (κ1) is 12.2. The highest BCUT2D eigenvalue weighted by molar-refractivity contribution is 5.91. The van der Waals surface area contributed by atoms with Crippen molar-refractivity contribution in [3.8, 4) is 0 Å². The van der Waals surface area contributed by atoms with E-state index in [9.17, 15) is 4.79 Å². The molecule has 0 aromatic carbocycles. The van der Waals surface area contributed by atoms with E-state index in [2.05, 4.69) is 6.92 Å². The van der Waals surface area contributed by atoms with Crippen LogP contribution in [0.15, 0.2) is 22.8 Å². The Morgan fingerprint density at radius 3 is 2.94 bits per heavy atom. The number of nitrogens with zero attached hydrogens (tertiary/aromatic N) is 1. The molecule has 1 atom stereocenters. The molecule has 0 radical (unpaired) electrons. The van der Waals surface area contributed by atoms with Gasteiger partial charge in [-0.15, -0.1) is 0 Å². The topological polar surface area (TPSA) is 42.7 Å². The van der Waals surface area contributed by atoms with E-state index >= 15 is 0 Å². The van der Waals surface area contributed by atoms with E-state index in [-0.39, 0.29) is 11.9 Å². The molecule has 1 unspecified atom stereocenters. The van der Waals surface area contributed by atoms with E-state index in [0.29, 0.717) is 24.8 Å². The van der Waals surface area contributed by atoms with Gasteiger partial charge in [-0.05, 0) is 37.8 Å². The average molecular weight is 237 g/mol. The van der Waals surface area contributed by atoms with Crippen LogP contribution in [0, 0.1) is 5.92 Å². The zero-order valence-electron chi connectivity index (χ0n) is 10.4. The highest BCUT2D eigenvalue weighted by atomic mass is 16.5. The Morgan fingerprint density at radius 2 is 2.41 bits per heavy atom. The maximum Gasteiger partial charge on any atom is 0.289 e. The lowest BCUT2D eigenvalue weighted by molar-refractivity contribution is 0.0564. The molecule has 1 fully saturated rings. The Bertz CT molecular complexity index is 357. The fourth-order valence-corrected chi connectivity index (χ4v) is 2.05. The van der Waals surface area contributed by atoms with Crippen LogP contribution < -0.4 is 0 Å². The van der Waals surface area contributed by atoms with Crippen molar-refractivity contribution in [2.45, 2.75) is 25.8 Å². The molecule has 4 nitrogen and oxygen atoms in total. The minimum Gasteiger partial charge on any atom is -0.459 e. The minimum atomic E-state index is -0.0357. The number of rotatable bonds is 6. The lowest BCUT2D eigenvalue weighted by atomic mass is 10.1. The summed E-state index contributed by atoms with van der Waals surface area (Å²) in [6.45, 7) is 3.28. The van der Waals surface area contributed by atoms with Crippen LogP contribution in [-0.4, -0.2) is 37.1 Å². The van der Waals surface area contributed by atoms with E-state index in [1.807, 2.05) is 4.90 Å². The summed E-state index contributed by atoms with van der Waals surface area (Å²) >= 11 is 0. The number of furan rings is 1. The number of amides is 1. The number of methoxy groups -OCH3 is 1. The van der Waals surface area contributed by atoms with Crippen LogP contribution >= 0.6 is 0 Å². The second-order valence-electron chi connectivity index (χ2n) is 4.55. The van der Waals surface area contributed by atoms with Crippen molar-refractivity contribution < 1.29 is 13.9 Å². The summed E-state index contributed by atoms with van der Waals surface area (Å²) in [6, 6.07) is 3.72. The van der Waals surface area contributed by atoms with Crippen molar-refractivity contribution in [3.63, 3.8) is 0 Å². The molecule has 0 bridgehead atoms. The third kappa shape index (κ3) is 2.88. The molecule has 17 heavy (non-hydrogen) atoms. The van der Waals surface area contributed by atoms with E-state index in [0.717, 1.165) is 0 Å². The summed E-state index contributed by atoms with van der Waals surface area (Å²) in [6.07, 6.45) is 3.97. The van der Waals surface area contributed by atoms with Crippen LogP contribution in [0.3, 0.4) is 0 Å². The summed E-state index contributed by atoms with van der Waals surface area (Å²) in [5, 5.41) is 0. The second kappa shape index (κ2) is 5.36. The van der Waals surface area contributed by atoms with Gasteiger partial charge in [0, 0.05) is 19.7 Å². The molecule has 0 aliphatic heterocycles. The Labute approximate surface area is 102 Å². The maximum atomic E-state index is 12.3. The fourth-order valence-electron chi connectivity index (χ4n) is 2.05. The van der Waals surface area contributed by atoms with E-state index in [1.54, 1.807) is 19.2 Å². The standard InChI is InChI=1S/C13H19NO3/c1-10(11-5-6-11)14(7-9-16-2)13(15)12-4-3-8-17-12/h3-4,8,10-11H,5-7,9H2,1-2H3. The van der Waals surface area contributed by atoms with Crippen LogP contribution in [-0.2, 0) is 4.74 Å². The molecule has 1 aromatic heterocycles. The van der Waals surface area contributed by atoms with Gasteiger partial charge in [-0.2, -0.15) is 0 Å². The largest absolute Gasteiger partial charge is 0.459 e. The molecular weight excluding hydrogens is 218 g/mol. The van der Waals surface area contributed by atoms with Crippen LogP contribution in [0.4, 0.5) is 0 Å². The molecule has 1 aromatic rings. The van der Waals surface area contributed by atoms with Crippen molar-refractivity contribution in [3.05, 3.63) is 24.2 Å². The van der Waals surface area contributed by atoms with Crippen molar-refractivity contribution in [1.82, 2.24) is 4.90 Å². The summed E-state index contributed by atoms with van der Waals surface area (Å²) in [5.41, 5.74) is 0. The van der Waals surface area contributed by atoms with E-state index < -0.39 is 0 Å². The number of carbonyl (C=O) groups excluding carboxylic acids is 1. The Hall–Kier alpha value is -1.29. The van der Waals surface area contributed by atoms with Gasteiger partial charge < -0.3 is 14.1 Å². The smallest absolute Gasteiger partial charge is 0.289 e. The predicted molar refractivity (Wildman–Crippen MR) is 63.8 cm³/mol. The molecule has 4 heteroatoms. The molecule has 0 spiro atoms. The lowest BCUT2D eigenvalue weighted by Gasteiger charge is -2.28.